The summed E-state index contributed by atoms with van der Waals surface area (Å²) in [4.78, 5) is 1.64. The fourth-order valence-electron chi connectivity index (χ4n) is 0.914. The predicted molar refractivity (Wildman–Crippen MR) is 49.7 cm³/mol. The Morgan fingerprint density at radius 3 is 2.50 bits per heavy atom. The van der Waals surface area contributed by atoms with Crippen LogP contribution in [0.15, 0.2) is 30.3 Å². The van der Waals surface area contributed by atoms with E-state index in [9.17, 15) is 0 Å². The maximum Gasteiger partial charge on any atom is 0.126 e. The zero-order chi connectivity index (χ0) is 8.97. The van der Waals surface area contributed by atoms with Gasteiger partial charge in [-0.2, -0.15) is 0 Å². The first-order chi connectivity index (χ1) is 5.75. The Bertz CT molecular complexity index is 258. The van der Waals surface area contributed by atoms with Crippen molar-refractivity contribution < 1.29 is 5.11 Å². The molecule has 0 unspecified atom stereocenters. The van der Waals surface area contributed by atoms with Crippen molar-refractivity contribution in [1.82, 2.24) is 0 Å². The number of benzene rings is 1. The molecule has 1 aromatic rings. The molecule has 0 aliphatic heterocycles. The van der Waals surface area contributed by atoms with E-state index in [-0.39, 0.29) is 12.4 Å². The molecule has 0 saturated carbocycles. The van der Waals surface area contributed by atoms with Crippen LogP contribution in [0.1, 0.15) is 0 Å². The van der Waals surface area contributed by atoms with Gasteiger partial charge < -0.3 is 10.0 Å². The van der Waals surface area contributed by atoms with Crippen molar-refractivity contribution in [3.63, 3.8) is 0 Å². The summed E-state index contributed by atoms with van der Waals surface area (Å²) in [5.41, 5.74) is 0.913. The second-order valence-corrected chi connectivity index (χ2v) is 2.50. The second kappa shape index (κ2) is 3.88. The molecular formula is C9H12N2O. The number of anilines is 1. The average molecular weight is 164 g/mol. The van der Waals surface area contributed by atoms with Crippen LogP contribution in [-0.2, 0) is 0 Å². The molecule has 0 radical (unpaired) electrons. The summed E-state index contributed by atoms with van der Waals surface area (Å²) in [6, 6.07) is 9.50. The molecule has 0 aliphatic carbocycles. The van der Waals surface area contributed by atoms with Crippen LogP contribution in [-0.4, -0.2) is 24.6 Å². The molecule has 2 N–H and O–H groups in total. The fourth-order valence-corrected chi connectivity index (χ4v) is 0.914. The van der Waals surface area contributed by atoms with E-state index < -0.39 is 0 Å². The highest BCUT2D eigenvalue weighted by Crippen LogP contribution is 2.10. The number of para-hydroxylation sites is 1. The Kier molecular flexibility index (Phi) is 2.82. The number of hydrogen-bond donors (Lipinski definition) is 2. The highest BCUT2D eigenvalue weighted by atomic mass is 16.3. The van der Waals surface area contributed by atoms with Crippen LogP contribution in [0.5, 0.6) is 0 Å². The van der Waals surface area contributed by atoms with Gasteiger partial charge in [-0.15, -0.1) is 0 Å². The maximum atomic E-state index is 8.70. The Hall–Kier alpha value is -1.35. The molecule has 1 aromatic carbocycles. The summed E-state index contributed by atoms with van der Waals surface area (Å²) in [6.45, 7) is -0.231. The van der Waals surface area contributed by atoms with E-state index in [4.69, 9.17) is 10.5 Å². The van der Waals surface area contributed by atoms with Crippen molar-refractivity contribution in [2.45, 2.75) is 0 Å². The van der Waals surface area contributed by atoms with E-state index in [0.29, 0.717) is 0 Å². The number of likely N-dealkylation sites (N-methyl/N-ethyl adjacent to an activating group) is 1. The van der Waals surface area contributed by atoms with Crippen LogP contribution in [0.25, 0.3) is 0 Å². The van der Waals surface area contributed by atoms with Crippen molar-refractivity contribution in [2.24, 2.45) is 0 Å². The second-order valence-electron chi connectivity index (χ2n) is 2.50. The molecule has 0 bridgehead atoms. The van der Waals surface area contributed by atoms with Crippen LogP contribution in [0.2, 0.25) is 0 Å². The first-order valence-electron chi connectivity index (χ1n) is 3.72. The summed E-state index contributed by atoms with van der Waals surface area (Å²) >= 11 is 0. The van der Waals surface area contributed by atoms with Crippen molar-refractivity contribution >= 4 is 11.5 Å². The predicted octanol–water partition coefficient (Wildman–Crippen LogP) is 1.09. The lowest BCUT2D eigenvalue weighted by Gasteiger charge is -2.17. The average Bonchev–Trinajstić information content (AvgIpc) is 2.17. The Labute approximate surface area is 71.8 Å². The van der Waals surface area contributed by atoms with Gasteiger partial charge in [-0.25, -0.2) is 0 Å². The van der Waals surface area contributed by atoms with Crippen molar-refractivity contribution in [3.8, 4) is 0 Å². The van der Waals surface area contributed by atoms with Crippen LogP contribution in [0, 0.1) is 5.41 Å². The molecule has 0 amide bonds. The fraction of sp³-hybridized carbons (Fsp3) is 0.222. The molecule has 0 fully saturated rings. The quantitative estimate of drug-likeness (QED) is 0.507. The van der Waals surface area contributed by atoms with Crippen molar-refractivity contribution in [3.05, 3.63) is 30.3 Å². The van der Waals surface area contributed by atoms with E-state index in [1.165, 1.54) is 0 Å². The summed E-state index contributed by atoms with van der Waals surface area (Å²) < 4.78 is 0. The lowest BCUT2D eigenvalue weighted by Crippen LogP contribution is -2.27. The molecule has 0 spiro atoms. The Morgan fingerprint density at radius 2 is 2.00 bits per heavy atom. The summed E-state index contributed by atoms with van der Waals surface area (Å²) in [5, 5.41) is 16.1. The van der Waals surface area contributed by atoms with Gasteiger partial charge in [-0.05, 0) is 12.1 Å². The maximum absolute atomic E-state index is 8.70. The summed E-state index contributed by atoms with van der Waals surface area (Å²) in [6.07, 6.45) is 0. The number of rotatable bonds is 2. The van der Waals surface area contributed by atoms with Gasteiger partial charge in [0.05, 0.1) is 0 Å². The van der Waals surface area contributed by atoms with Crippen molar-refractivity contribution in [1.29, 1.82) is 5.41 Å². The number of aliphatic hydroxyl groups is 1. The third-order valence-corrected chi connectivity index (χ3v) is 1.70. The third kappa shape index (κ3) is 1.83. The zero-order valence-corrected chi connectivity index (χ0v) is 6.99. The van der Waals surface area contributed by atoms with Gasteiger partial charge in [0, 0.05) is 12.7 Å². The van der Waals surface area contributed by atoms with E-state index in [1.54, 1.807) is 11.9 Å². The molecule has 0 atom stereocenters. The minimum absolute atomic E-state index is 0.196. The first kappa shape index (κ1) is 8.74. The van der Waals surface area contributed by atoms with Gasteiger partial charge in [-0.3, -0.25) is 5.41 Å². The number of nitrogens with one attached hydrogen (secondary N) is 1. The van der Waals surface area contributed by atoms with Crippen LogP contribution in [0.3, 0.4) is 0 Å². The normalized spacial score (nSPS) is 9.50. The molecule has 0 heterocycles. The molecule has 0 aliphatic rings. The summed E-state index contributed by atoms with van der Waals surface area (Å²) in [7, 11) is 1.76. The lowest BCUT2D eigenvalue weighted by atomic mass is 10.3. The monoisotopic (exact) mass is 164 g/mol. The van der Waals surface area contributed by atoms with Gasteiger partial charge in [0.15, 0.2) is 0 Å². The SMILES string of the molecule is CN(C(=N)CO)c1ccccc1. The highest BCUT2D eigenvalue weighted by molar-refractivity contribution is 5.95. The van der Waals surface area contributed by atoms with Gasteiger partial charge in [-0.1, -0.05) is 18.2 Å². The van der Waals surface area contributed by atoms with Gasteiger partial charge in [0.1, 0.15) is 12.4 Å². The Morgan fingerprint density at radius 1 is 1.42 bits per heavy atom. The van der Waals surface area contributed by atoms with E-state index in [2.05, 4.69) is 0 Å². The number of nitrogens with zero attached hydrogens (tertiary/aromatic N) is 1. The molecule has 12 heavy (non-hydrogen) atoms. The Balaban J connectivity index is 2.78. The molecule has 3 nitrogen and oxygen atoms in total. The van der Waals surface area contributed by atoms with Crippen LogP contribution >= 0.6 is 0 Å². The lowest BCUT2D eigenvalue weighted by molar-refractivity contribution is 0.354. The summed E-state index contributed by atoms with van der Waals surface area (Å²) in [5.74, 6) is 0.196. The van der Waals surface area contributed by atoms with Gasteiger partial charge in [0.2, 0.25) is 0 Å². The third-order valence-electron chi connectivity index (χ3n) is 1.70. The van der Waals surface area contributed by atoms with Crippen LogP contribution in [0.4, 0.5) is 5.69 Å². The van der Waals surface area contributed by atoms with Gasteiger partial charge >= 0.3 is 0 Å². The molecular weight excluding hydrogens is 152 g/mol. The molecule has 0 saturated heterocycles. The molecule has 64 valence electrons. The van der Waals surface area contributed by atoms with E-state index in [1.807, 2.05) is 30.3 Å². The van der Waals surface area contributed by atoms with Crippen LogP contribution < -0.4 is 4.90 Å². The largest absolute Gasteiger partial charge is 0.388 e. The van der Waals surface area contributed by atoms with E-state index >= 15 is 0 Å². The topological polar surface area (TPSA) is 47.3 Å². The number of hydrogen-bond acceptors (Lipinski definition) is 2. The molecule has 3 heteroatoms. The smallest absolute Gasteiger partial charge is 0.126 e. The minimum atomic E-state index is -0.231. The van der Waals surface area contributed by atoms with Gasteiger partial charge in [0.25, 0.3) is 0 Å². The van der Waals surface area contributed by atoms with Crippen molar-refractivity contribution in [2.75, 3.05) is 18.6 Å². The zero-order valence-electron chi connectivity index (χ0n) is 6.99. The standard InChI is InChI=1S/C9H12N2O/c1-11(9(10)7-12)8-5-3-2-4-6-8/h2-6,10,12H,7H2,1H3. The first-order valence-corrected chi connectivity index (χ1v) is 3.72. The minimum Gasteiger partial charge on any atom is -0.388 e. The highest BCUT2D eigenvalue weighted by Gasteiger charge is 2.03. The molecule has 0 aromatic heterocycles. The molecule has 1 rings (SSSR count). The number of aliphatic hydroxyl groups excluding tert-OH is 1. The van der Waals surface area contributed by atoms with E-state index in [0.717, 1.165) is 5.69 Å². The number of amidine groups is 1.